The molecular formula is C48H34F4N4O5. The molecule has 0 radical (unpaired) electrons. The smallest absolute Gasteiger partial charge is 0.204 e. The predicted octanol–water partition coefficient (Wildman–Crippen LogP) is 10.3. The zero-order valence-corrected chi connectivity index (χ0v) is 32.1. The highest BCUT2D eigenvalue weighted by Gasteiger charge is 2.31. The van der Waals surface area contributed by atoms with Crippen molar-refractivity contribution >= 4 is 46.4 Å². The molecular weight excluding hydrogens is 789 g/mol. The number of aliphatic hydroxyl groups is 2. The molecule has 304 valence electrons. The lowest BCUT2D eigenvalue weighted by Gasteiger charge is -2.15. The second-order valence-corrected chi connectivity index (χ2v) is 14.6. The first-order chi connectivity index (χ1) is 29.5. The number of aromatic amines is 2. The van der Waals surface area contributed by atoms with Gasteiger partial charge in [-0.1, -0.05) is 54.1 Å². The van der Waals surface area contributed by atoms with Crippen LogP contribution in [0.4, 0.5) is 17.6 Å². The second kappa shape index (κ2) is 15.6. The van der Waals surface area contributed by atoms with E-state index < -0.39 is 53.9 Å². The monoisotopic (exact) mass is 822 g/mol. The van der Waals surface area contributed by atoms with Crippen molar-refractivity contribution in [1.82, 2.24) is 19.9 Å². The normalized spacial score (nSPS) is 12.6. The Morgan fingerprint density at radius 3 is 1.38 bits per heavy atom. The van der Waals surface area contributed by atoms with Crippen LogP contribution in [0.5, 0.6) is 17.2 Å². The number of fused-ring (bicyclic) bond motifs is 8. The lowest BCUT2D eigenvalue weighted by atomic mass is 10.0. The van der Waals surface area contributed by atoms with Gasteiger partial charge >= 0.3 is 0 Å². The van der Waals surface area contributed by atoms with Crippen molar-refractivity contribution in [3.63, 3.8) is 0 Å². The molecule has 0 aliphatic carbocycles. The van der Waals surface area contributed by atoms with Gasteiger partial charge in [0.1, 0.15) is 24.2 Å². The van der Waals surface area contributed by atoms with Gasteiger partial charge in [0.2, 0.25) is 11.6 Å². The van der Waals surface area contributed by atoms with Gasteiger partial charge < -0.3 is 35.1 Å². The largest absolute Gasteiger partial charge is 0.508 e. The van der Waals surface area contributed by atoms with E-state index in [-0.39, 0.29) is 28.3 Å². The van der Waals surface area contributed by atoms with Gasteiger partial charge in [-0.15, -0.1) is 0 Å². The molecule has 0 fully saturated rings. The number of nitrogens with one attached hydrogen (secondary N) is 2. The number of aromatic nitrogens is 4. The van der Waals surface area contributed by atoms with Crippen molar-refractivity contribution < 1.29 is 42.7 Å². The fourth-order valence-electron chi connectivity index (χ4n) is 7.69. The average molecular weight is 823 g/mol. The Kier molecular flexibility index (Phi) is 9.98. The van der Waals surface area contributed by atoms with E-state index in [1.807, 2.05) is 55.5 Å². The molecule has 0 saturated carbocycles. The van der Waals surface area contributed by atoms with E-state index >= 15 is 17.6 Å². The molecule has 2 aliphatic rings. The maximum Gasteiger partial charge on any atom is 0.204 e. The highest BCUT2D eigenvalue weighted by molar-refractivity contribution is 6.00. The molecule has 4 aromatic carbocycles. The van der Waals surface area contributed by atoms with Crippen LogP contribution in [0, 0.1) is 30.2 Å². The van der Waals surface area contributed by atoms with Gasteiger partial charge in [-0.3, -0.25) is 0 Å². The molecule has 0 saturated heterocycles. The molecule has 2 aliphatic heterocycles. The van der Waals surface area contributed by atoms with Crippen molar-refractivity contribution in [3.05, 3.63) is 149 Å². The first-order valence-electron chi connectivity index (χ1n) is 19.1. The summed E-state index contributed by atoms with van der Waals surface area (Å²) in [6, 6.07) is 27.7. The summed E-state index contributed by atoms with van der Waals surface area (Å²) >= 11 is 0. The van der Waals surface area contributed by atoms with Gasteiger partial charge in [-0.2, -0.15) is 8.78 Å². The molecule has 8 bridgehead atoms. The van der Waals surface area contributed by atoms with Crippen LogP contribution in [0.1, 0.15) is 28.3 Å². The number of halogens is 4. The number of H-pyrrole nitrogens is 2. The number of aryl methyl sites for hydroxylation is 1. The number of aromatic hydroxyl groups is 2. The topological polar surface area (TPSA) is 148 Å². The van der Waals surface area contributed by atoms with Crippen LogP contribution >= 0.6 is 0 Å². The maximum atomic E-state index is 16.5. The summed E-state index contributed by atoms with van der Waals surface area (Å²) in [5.74, 6) is -8.70. The fraction of sp³-hybridized carbons (Fsp3) is 0.0833. The number of benzene rings is 4. The van der Waals surface area contributed by atoms with E-state index in [1.54, 1.807) is 48.6 Å². The van der Waals surface area contributed by atoms with Crippen LogP contribution < -0.4 is 4.74 Å². The average Bonchev–Trinajstić information content (AvgIpc) is 4.09. The zero-order chi connectivity index (χ0) is 42.5. The Balaban J connectivity index is 1.46. The molecule has 13 heteroatoms. The minimum Gasteiger partial charge on any atom is -0.508 e. The maximum absolute atomic E-state index is 16.5. The van der Waals surface area contributed by atoms with Crippen LogP contribution in [0.25, 0.3) is 90.9 Å². The summed E-state index contributed by atoms with van der Waals surface area (Å²) < 4.78 is 69.6. The summed E-state index contributed by atoms with van der Waals surface area (Å²) in [4.78, 5) is 16.7. The third-order valence-corrected chi connectivity index (χ3v) is 10.4. The van der Waals surface area contributed by atoms with E-state index in [0.717, 1.165) is 11.1 Å². The molecule has 1 atom stereocenters. The Morgan fingerprint density at radius 1 is 0.541 bits per heavy atom. The molecule has 9 rings (SSSR count). The SMILES string of the molecule is Cc1cccc(-c2c3nc(c(-c4c(F)c(F)c(OCC(O)CO)c(F)c4F)c4ccc([nH]4)c(-c4cccc(O)c4)c4nc(c(-c5cccc(O)c5)c5ccc2[nH]5)C=C4)C=C3)c1. The van der Waals surface area contributed by atoms with Gasteiger partial charge in [0, 0.05) is 44.3 Å². The third-order valence-electron chi connectivity index (χ3n) is 10.4. The van der Waals surface area contributed by atoms with E-state index in [2.05, 4.69) is 9.97 Å². The number of nitrogens with zero attached hydrogens (tertiary/aromatic N) is 2. The molecule has 6 N–H and O–H groups in total. The van der Waals surface area contributed by atoms with Crippen molar-refractivity contribution in [3.8, 4) is 61.8 Å². The Labute approximate surface area is 344 Å². The van der Waals surface area contributed by atoms with Crippen molar-refractivity contribution in [2.75, 3.05) is 13.2 Å². The van der Waals surface area contributed by atoms with Gasteiger partial charge in [-0.25, -0.2) is 18.7 Å². The summed E-state index contributed by atoms with van der Waals surface area (Å²) in [5, 5.41) is 40.1. The Morgan fingerprint density at radius 2 is 0.951 bits per heavy atom. The minimum absolute atomic E-state index is 0.0171. The molecule has 0 amide bonds. The van der Waals surface area contributed by atoms with Crippen molar-refractivity contribution in [2.24, 2.45) is 0 Å². The van der Waals surface area contributed by atoms with Crippen LogP contribution in [0.15, 0.2) is 97.1 Å². The standard InChI is InChI=1S/C48H34F4N4O5/c1-24-5-2-6-25(19-24)39-31-11-12-33(53-31)40(26-7-3-9-28(58)20-26)34-13-14-35(54-34)41(27-8-4-10-29(59)21-27)36-16-18-38(56-36)42(37-17-15-32(39)55-37)43-44(49)46(51)48(47(52)45(43)50)61-23-30(60)22-57/h2-21,30,53,56-60H,22-23H2,1H3. The molecule has 9 nitrogen and oxygen atoms in total. The van der Waals surface area contributed by atoms with Crippen LogP contribution in [0.2, 0.25) is 0 Å². The van der Waals surface area contributed by atoms with Gasteiger partial charge in [0.15, 0.2) is 17.4 Å². The molecule has 3 aromatic heterocycles. The van der Waals surface area contributed by atoms with Crippen molar-refractivity contribution in [1.29, 1.82) is 0 Å². The summed E-state index contributed by atoms with van der Waals surface area (Å²) in [5.41, 5.74) is 5.99. The number of hydrogen-bond donors (Lipinski definition) is 6. The Bertz CT molecular complexity index is 3080. The molecule has 0 spiro atoms. The number of phenolic OH excluding ortho intramolecular Hbond substituents is 2. The van der Waals surface area contributed by atoms with E-state index in [1.165, 1.54) is 24.3 Å². The first-order valence-corrected chi connectivity index (χ1v) is 19.1. The van der Waals surface area contributed by atoms with Gasteiger partial charge in [0.05, 0.1) is 34.9 Å². The van der Waals surface area contributed by atoms with E-state index in [9.17, 15) is 20.4 Å². The summed E-state index contributed by atoms with van der Waals surface area (Å²) in [6.45, 7) is 0.262. The molecule has 5 heterocycles. The molecule has 1 unspecified atom stereocenters. The molecule has 7 aromatic rings. The summed E-state index contributed by atoms with van der Waals surface area (Å²) in [7, 11) is 0. The van der Waals surface area contributed by atoms with Crippen molar-refractivity contribution in [2.45, 2.75) is 13.0 Å². The Hall–Kier alpha value is -7.48. The first kappa shape index (κ1) is 39.0. The lowest BCUT2D eigenvalue weighted by molar-refractivity contribution is 0.0504. The van der Waals surface area contributed by atoms with Crippen LogP contribution in [0.3, 0.4) is 0 Å². The quantitative estimate of drug-likeness (QED) is 0.0660. The summed E-state index contributed by atoms with van der Waals surface area (Å²) in [6.07, 6.45) is 5.14. The molecule has 61 heavy (non-hydrogen) atoms. The number of ether oxygens (including phenoxy) is 1. The number of aliphatic hydroxyl groups excluding tert-OH is 2. The predicted molar refractivity (Wildman–Crippen MR) is 227 cm³/mol. The minimum atomic E-state index is -1.86. The van der Waals surface area contributed by atoms with E-state index in [4.69, 9.17) is 14.7 Å². The fourth-order valence-corrected chi connectivity index (χ4v) is 7.69. The zero-order valence-electron chi connectivity index (χ0n) is 32.1. The second-order valence-electron chi connectivity index (χ2n) is 14.6. The van der Waals surface area contributed by atoms with Gasteiger partial charge in [-0.05, 0) is 96.4 Å². The highest BCUT2D eigenvalue weighted by atomic mass is 19.2. The lowest BCUT2D eigenvalue weighted by Crippen LogP contribution is -2.22. The van der Waals surface area contributed by atoms with E-state index in [0.29, 0.717) is 61.4 Å². The highest BCUT2D eigenvalue weighted by Crippen LogP contribution is 2.42. The third kappa shape index (κ3) is 7.09. The number of hydrogen-bond acceptors (Lipinski definition) is 7. The van der Waals surface area contributed by atoms with Gasteiger partial charge in [0.25, 0.3) is 0 Å². The number of phenols is 2. The van der Waals surface area contributed by atoms with Crippen LogP contribution in [-0.4, -0.2) is 59.7 Å². The van der Waals surface area contributed by atoms with Crippen LogP contribution in [-0.2, 0) is 0 Å². The number of rotatable bonds is 8.